The second kappa shape index (κ2) is 4.15. The van der Waals surface area contributed by atoms with Crippen LogP contribution in [0.4, 0.5) is 0 Å². The van der Waals surface area contributed by atoms with Gasteiger partial charge in [-0.25, -0.2) is 0 Å². The van der Waals surface area contributed by atoms with Gasteiger partial charge in [0.25, 0.3) is 0 Å². The molecule has 1 unspecified atom stereocenters. The number of rotatable bonds is 2. The van der Waals surface area contributed by atoms with Gasteiger partial charge in [0.1, 0.15) is 18.3 Å². The molecule has 72 valence electrons. The molecule has 5 heteroatoms. The first-order chi connectivity index (χ1) is 5.66. The van der Waals surface area contributed by atoms with E-state index in [1.807, 2.05) is 0 Å². The molecule has 4 atom stereocenters. The van der Waals surface area contributed by atoms with E-state index in [1.165, 1.54) is 0 Å². The average molecular weight is 178 g/mol. The Morgan fingerprint density at radius 2 is 2.00 bits per heavy atom. The second-order valence-electron chi connectivity index (χ2n) is 2.71. The molecule has 0 aliphatic carbocycles. The van der Waals surface area contributed by atoms with E-state index < -0.39 is 24.6 Å². The highest BCUT2D eigenvalue weighted by Gasteiger charge is 2.37. The van der Waals surface area contributed by atoms with Crippen molar-refractivity contribution in [1.29, 1.82) is 0 Å². The first kappa shape index (κ1) is 9.88. The van der Waals surface area contributed by atoms with Gasteiger partial charge < -0.3 is 24.8 Å². The number of aliphatic hydroxyl groups is 3. The van der Waals surface area contributed by atoms with Gasteiger partial charge >= 0.3 is 0 Å². The van der Waals surface area contributed by atoms with Crippen molar-refractivity contribution in [3.63, 3.8) is 0 Å². The third-order valence-corrected chi connectivity index (χ3v) is 1.79. The van der Waals surface area contributed by atoms with E-state index in [0.717, 1.165) is 0 Å². The van der Waals surface area contributed by atoms with Crippen LogP contribution in [0.15, 0.2) is 0 Å². The Bertz CT molecular complexity index is 140. The van der Waals surface area contributed by atoms with Crippen LogP contribution in [0.2, 0.25) is 0 Å². The SMILES string of the molecule is CCO[C@H]1OC[C@@H](O)[C@H](O)C1O. The molecule has 0 spiro atoms. The molecule has 1 heterocycles. The number of hydrogen-bond donors (Lipinski definition) is 3. The average Bonchev–Trinajstić information content (AvgIpc) is 2.07. The van der Waals surface area contributed by atoms with Crippen LogP contribution in [0, 0.1) is 0 Å². The van der Waals surface area contributed by atoms with Crippen molar-refractivity contribution in [2.45, 2.75) is 31.5 Å². The molecule has 5 nitrogen and oxygen atoms in total. The Morgan fingerprint density at radius 1 is 1.33 bits per heavy atom. The Balaban J connectivity index is 2.46. The molecule has 1 rings (SSSR count). The summed E-state index contributed by atoms with van der Waals surface area (Å²) in [5, 5.41) is 27.5. The van der Waals surface area contributed by atoms with E-state index in [1.54, 1.807) is 6.92 Å². The number of hydrogen-bond acceptors (Lipinski definition) is 5. The summed E-state index contributed by atoms with van der Waals surface area (Å²) in [6.07, 6.45) is -4.21. The molecule has 3 N–H and O–H groups in total. The van der Waals surface area contributed by atoms with Crippen LogP contribution < -0.4 is 0 Å². The zero-order valence-electron chi connectivity index (χ0n) is 6.88. The van der Waals surface area contributed by atoms with Crippen molar-refractivity contribution in [3.05, 3.63) is 0 Å². The third-order valence-electron chi connectivity index (χ3n) is 1.79. The van der Waals surface area contributed by atoms with Crippen LogP contribution >= 0.6 is 0 Å². The topological polar surface area (TPSA) is 79.2 Å². The normalized spacial score (nSPS) is 43.0. The summed E-state index contributed by atoms with van der Waals surface area (Å²) in [5.41, 5.74) is 0. The van der Waals surface area contributed by atoms with Gasteiger partial charge in [-0.2, -0.15) is 0 Å². The standard InChI is InChI=1S/C7H14O5/c1-2-11-7-6(10)5(9)4(8)3-12-7/h4-10H,2-3H2,1H3/t4-,5+,6?,7+/m1/s1. The highest BCUT2D eigenvalue weighted by Crippen LogP contribution is 2.15. The van der Waals surface area contributed by atoms with Gasteiger partial charge in [0.05, 0.1) is 6.61 Å². The fourth-order valence-corrected chi connectivity index (χ4v) is 1.09. The van der Waals surface area contributed by atoms with E-state index in [-0.39, 0.29) is 6.61 Å². The minimum Gasteiger partial charge on any atom is -0.388 e. The fraction of sp³-hybridized carbons (Fsp3) is 1.00. The molecule has 1 fully saturated rings. The monoisotopic (exact) mass is 178 g/mol. The maximum absolute atomic E-state index is 9.28. The summed E-state index contributed by atoms with van der Waals surface area (Å²) in [4.78, 5) is 0. The lowest BCUT2D eigenvalue weighted by Gasteiger charge is -2.34. The van der Waals surface area contributed by atoms with Gasteiger partial charge in [0.15, 0.2) is 6.29 Å². The smallest absolute Gasteiger partial charge is 0.186 e. The first-order valence-electron chi connectivity index (χ1n) is 3.94. The molecule has 1 aliphatic heterocycles. The van der Waals surface area contributed by atoms with Crippen LogP contribution in [0.5, 0.6) is 0 Å². The van der Waals surface area contributed by atoms with Crippen molar-refractivity contribution in [1.82, 2.24) is 0 Å². The minimum atomic E-state index is -1.18. The van der Waals surface area contributed by atoms with Crippen molar-refractivity contribution in [2.75, 3.05) is 13.2 Å². The molecule has 12 heavy (non-hydrogen) atoms. The molecular weight excluding hydrogens is 164 g/mol. The molecular formula is C7H14O5. The summed E-state index contributed by atoms with van der Waals surface area (Å²) in [6, 6.07) is 0. The van der Waals surface area contributed by atoms with Crippen molar-refractivity contribution < 1.29 is 24.8 Å². The Labute approximate surface area is 70.5 Å². The quantitative estimate of drug-likeness (QED) is 0.477. The molecule has 0 saturated carbocycles. The zero-order valence-corrected chi connectivity index (χ0v) is 6.88. The highest BCUT2D eigenvalue weighted by atomic mass is 16.7. The molecule has 0 bridgehead atoms. The van der Waals surface area contributed by atoms with Crippen molar-refractivity contribution >= 4 is 0 Å². The third kappa shape index (κ3) is 1.94. The lowest BCUT2D eigenvalue weighted by molar-refractivity contribution is -0.268. The van der Waals surface area contributed by atoms with Gasteiger partial charge in [0.2, 0.25) is 0 Å². The Morgan fingerprint density at radius 3 is 2.58 bits per heavy atom. The molecule has 1 saturated heterocycles. The lowest BCUT2D eigenvalue weighted by atomic mass is 10.1. The van der Waals surface area contributed by atoms with Crippen molar-refractivity contribution in [3.8, 4) is 0 Å². The van der Waals surface area contributed by atoms with Crippen LogP contribution in [-0.4, -0.2) is 53.1 Å². The van der Waals surface area contributed by atoms with E-state index in [0.29, 0.717) is 6.61 Å². The van der Waals surface area contributed by atoms with Gasteiger partial charge in [-0.15, -0.1) is 0 Å². The van der Waals surface area contributed by atoms with E-state index >= 15 is 0 Å². The highest BCUT2D eigenvalue weighted by molar-refractivity contribution is 4.82. The predicted octanol–water partition coefficient (Wildman–Crippen LogP) is -1.54. The molecule has 0 radical (unpaired) electrons. The van der Waals surface area contributed by atoms with Crippen LogP contribution in [0.1, 0.15) is 6.92 Å². The zero-order chi connectivity index (χ0) is 9.14. The molecule has 0 amide bonds. The first-order valence-corrected chi connectivity index (χ1v) is 3.94. The van der Waals surface area contributed by atoms with Crippen molar-refractivity contribution in [2.24, 2.45) is 0 Å². The number of ether oxygens (including phenoxy) is 2. The maximum Gasteiger partial charge on any atom is 0.186 e. The summed E-state index contributed by atoms with van der Waals surface area (Å²) in [6.45, 7) is 2.14. The number of aliphatic hydroxyl groups excluding tert-OH is 3. The van der Waals surface area contributed by atoms with E-state index in [4.69, 9.17) is 14.6 Å². The van der Waals surface area contributed by atoms with E-state index in [2.05, 4.69) is 0 Å². The Kier molecular flexibility index (Phi) is 3.42. The minimum absolute atomic E-state index is 0.0110. The van der Waals surface area contributed by atoms with Crippen LogP contribution in [-0.2, 0) is 9.47 Å². The summed E-state index contributed by atoms with van der Waals surface area (Å²) >= 11 is 0. The van der Waals surface area contributed by atoms with Crippen LogP contribution in [0.25, 0.3) is 0 Å². The summed E-state index contributed by atoms with van der Waals surface area (Å²) in [7, 11) is 0. The fourth-order valence-electron chi connectivity index (χ4n) is 1.09. The van der Waals surface area contributed by atoms with Gasteiger partial charge in [-0.05, 0) is 6.92 Å². The predicted molar refractivity (Wildman–Crippen MR) is 39.4 cm³/mol. The van der Waals surface area contributed by atoms with Gasteiger partial charge in [-0.1, -0.05) is 0 Å². The van der Waals surface area contributed by atoms with E-state index in [9.17, 15) is 10.2 Å². The molecule has 1 aliphatic rings. The van der Waals surface area contributed by atoms with Gasteiger partial charge in [0, 0.05) is 6.61 Å². The largest absolute Gasteiger partial charge is 0.388 e. The molecule has 0 aromatic rings. The molecule has 0 aromatic heterocycles. The summed E-state index contributed by atoms with van der Waals surface area (Å²) in [5.74, 6) is 0. The Hall–Kier alpha value is -0.200. The van der Waals surface area contributed by atoms with Gasteiger partial charge in [-0.3, -0.25) is 0 Å². The lowest BCUT2D eigenvalue weighted by Crippen LogP contribution is -2.53. The molecule has 0 aromatic carbocycles. The summed E-state index contributed by atoms with van der Waals surface area (Å²) < 4.78 is 9.90. The maximum atomic E-state index is 9.28. The van der Waals surface area contributed by atoms with Crippen LogP contribution in [0.3, 0.4) is 0 Å². The second-order valence-corrected chi connectivity index (χ2v) is 2.71.